The highest BCUT2D eigenvalue weighted by atomic mass is 16.5. The Hall–Kier alpha value is -5.45. The summed E-state index contributed by atoms with van der Waals surface area (Å²) >= 11 is 0. The highest BCUT2D eigenvalue weighted by Crippen LogP contribution is 2.39. The third kappa shape index (κ3) is 9.04. The molecule has 238 valence electrons. The first kappa shape index (κ1) is 33.4. The Morgan fingerprint density at radius 3 is 1.91 bits per heavy atom. The predicted molar refractivity (Wildman–Crippen MR) is 175 cm³/mol. The predicted octanol–water partition coefficient (Wildman–Crippen LogP) is 8.39. The summed E-state index contributed by atoms with van der Waals surface area (Å²) in [6.07, 6.45) is -0.0833. The molecule has 11 nitrogen and oxygen atoms in total. The number of benzene rings is 4. The van der Waals surface area contributed by atoms with Gasteiger partial charge in [0.1, 0.15) is 11.4 Å². The number of nitrogens with zero attached hydrogens (tertiary/aromatic N) is 4. The average molecular weight is 624 g/mol. The maximum Gasteiger partial charge on any atom is 0.307 e. The van der Waals surface area contributed by atoms with Gasteiger partial charge in [0.15, 0.2) is 0 Å². The second kappa shape index (κ2) is 16.0. The molecule has 4 aromatic rings. The third-order valence-electron chi connectivity index (χ3n) is 7.73. The molecule has 0 saturated heterocycles. The molecule has 1 amide bonds. The summed E-state index contributed by atoms with van der Waals surface area (Å²) in [5.41, 5.74) is 2.45. The molecule has 4 rings (SSSR count). The van der Waals surface area contributed by atoms with Crippen molar-refractivity contribution in [1.82, 2.24) is 5.32 Å². The number of ether oxygens (including phenoxy) is 1. The molecule has 0 aromatic heterocycles. The number of carboxylic acid groups (broad SMARTS) is 2. The zero-order valence-corrected chi connectivity index (χ0v) is 25.9. The van der Waals surface area contributed by atoms with Gasteiger partial charge in [0.25, 0.3) is 0 Å². The zero-order valence-electron chi connectivity index (χ0n) is 25.9. The minimum atomic E-state index is -1.19. The quantitative estimate of drug-likeness (QED) is 0.113. The van der Waals surface area contributed by atoms with Gasteiger partial charge in [-0.15, -0.1) is 5.11 Å². The van der Waals surface area contributed by atoms with Crippen molar-refractivity contribution in [2.45, 2.75) is 39.2 Å². The van der Waals surface area contributed by atoms with Crippen LogP contribution in [0.2, 0.25) is 0 Å². The topological polar surface area (TPSA) is 162 Å². The van der Waals surface area contributed by atoms with Crippen LogP contribution in [-0.2, 0) is 14.4 Å². The van der Waals surface area contributed by atoms with E-state index < -0.39 is 35.8 Å². The number of carbonyl (C=O) groups excluding carboxylic acids is 1. The van der Waals surface area contributed by atoms with E-state index in [2.05, 4.69) is 25.8 Å². The van der Waals surface area contributed by atoms with Crippen LogP contribution in [0.4, 0.5) is 22.7 Å². The first-order valence-electron chi connectivity index (χ1n) is 15.0. The Labute approximate surface area is 267 Å². The number of azo groups is 2. The molecule has 4 aromatic carbocycles. The van der Waals surface area contributed by atoms with Gasteiger partial charge in [0, 0.05) is 18.4 Å². The van der Waals surface area contributed by atoms with Gasteiger partial charge in [0.2, 0.25) is 5.91 Å². The molecular formula is C35H37N5O6. The largest absolute Gasteiger partial charge is 0.488 e. The smallest absolute Gasteiger partial charge is 0.307 e. The Kier molecular flexibility index (Phi) is 11.7. The lowest BCUT2D eigenvalue weighted by Gasteiger charge is -2.25. The minimum Gasteiger partial charge on any atom is -0.488 e. The van der Waals surface area contributed by atoms with Crippen LogP contribution in [-0.4, -0.2) is 41.2 Å². The lowest BCUT2D eigenvalue weighted by atomic mass is 9.87. The number of amides is 1. The van der Waals surface area contributed by atoms with E-state index >= 15 is 0 Å². The van der Waals surface area contributed by atoms with Gasteiger partial charge in [0.05, 0.1) is 35.0 Å². The molecule has 3 N–H and O–H groups in total. The molecule has 0 heterocycles. The third-order valence-corrected chi connectivity index (χ3v) is 7.73. The fourth-order valence-corrected chi connectivity index (χ4v) is 5.01. The number of carbonyl (C=O) groups is 3. The summed E-state index contributed by atoms with van der Waals surface area (Å²) in [4.78, 5) is 35.9. The Balaban J connectivity index is 1.62. The Morgan fingerprint density at radius 1 is 0.717 bits per heavy atom. The summed E-state index contributed by atoms with van der Waals surface area (Å²) in [5.74, 6) is -4.82. The van der Waals surface area contributed by atoms with E-state index in [1.54, 1.807) is 44.3 Å². The van der Waals surface area contributed by atoms with Gasteiger partial charge in [-0.1, -0.05) is 62.4 Å². The van der Waals surface area contributed by atoms with Crippen molar-refractivity contribution in [2.75, 3.05) is 7.05 Å². The van der Waals surface area contributed by atoms with E-state index in [-0.39, 0.29) is 25.2 Å². The van der Waals surface area contributed by atoms with Gasteiger partial charge in [-0.3, -0.25) is 14.4 Å². The molecule has 0 spiro atoms. The number of aliphatic carboxylic acids is 2. The molecule has 46 heavy (non-hydrogen) atoms. The molecule has 0 aliphatic heterocycles. The van der Waals surface area contributed by atoms with Gasteiger partial charge < -0.3 is 20.3 Å². The highest BCUT2D eigenvalue weighted by molar-refractivity contribution is 5.95. The van der Waals surface area contributed by atoms with Gasteiger partial charge in [-0.25, -0.2) is 0 Å². The Morgan fingerprint density at radius 2 is 1.30 bits per heavy atom. The fourth-order valence-electron chi connectivity index (χ4n) is 5.01. The molecule has 4 atom stereocenters. The van der Waals surface area contributed by atoms with Crippen LogP contribution in [0.5, 0.6) is 5.75 Å². The monoisotopic (exact) mass is 623 g/mol. The summed E-state index contributed by atoms with van der Waals surface area (Å²) < 4.78 is 6.47. The molecule has 0 radical (unpaired) electrons. The van der Waals surface area contributed by atoms with Crippen molar-refractivity contribution in [3.8, 4) is 5.75 Å². The maximum atomic E-state index is 12.4. The molecular weight excluding hydrogens is 586 g/mol. The second-order valence-corrected chi connectivity index (χ2v) is 11.0. The van der Waals surface area contributed by atoms with Gasteiger partial charge >= 0.3 is 11.9 Å². The number of nitrogens with one attached hydrogen (secondary N) is 1. The van der Waals surface area contributed by atoms with Crippen molar-refractivity contribution in [3.05, 3.63) is 91.0 Å². The Bertz CT molecular complexity index is 1710. The lowest BCUT2D eigenvalue weighted by Crippen LogP contribution is -2.32. The van der Waals surface area contributed by atoms with Crippen molar-refractivity contribution >= 4 is 51.4 Å². The van der Waals surface area contributed by atoms with Crippen molar-refractivity contribution in [2.24, 2.45) is 38.2 Å². The standard InChI is InChI=1S/C35H37N5O6/c1-22(33(41)36-3)21-28(18-19-29(35(44)45)23(2)34(42)43)46-31-20-13-24-9-7-8-12-30(24)32(31)40-39-27-16-14-26(15-17-27)38-37-25-10-5-4-6-11-25/h4-17,20,22-23,28-29H,18-19,21H2,1-3H3,(H,36,41)(H,42,43)(H,44,45). The van der Waals surface area contributed by atoms with Crippen LogP contribution in [0.25, 0.3) is 10.8 Å². The molecule has 0 bridgehead atoms. The van der Waals surface area contributed by atoms with Crippen molar-refractivity contribution < 1.29 is 29.3 Å². The van der Waals surface area contributed by atoms with E-state index in [1.807, 2.05) is 60.7 Å². The molecule has 0 aliphatic rings. The summed E-state index contributed by atoms with van der Waals surface area (Å²) in [6.45, 7) is 3.14. The summed E-state index contributed by atoms with van der Waals surface area (Å²) in [7, 11) is 1.55. The highest BCUT2D eigenvalue weighted by Gasteiger charge is 2.31. The van der Waals surface area contributed by atoms with Crippen LogP contribution < -0.4 is 10.1 Å². The van der Waals surface area contributed by atoms with E-state index in [0.29, 0.717) is 22.8 Å². The van der Waals surface area contributed by atoms with Gasteiger partial charge in [-0.05, 0) is 67.1 Å². The number of hydrogen-bond acceptors (Lipinski definition) is 8. The number of fused-ring (bicyclic) bond motifs is 1. The maximum absolute atomic E-state index is 12.4. The van der Waals surface area contributed by atoms with Crippen molar-refractivity contribution in [1.29, 1.82) is 0 Å². The summed E-state index contributed by atoms with van der Waals surface area (Å²) in [5, 5.41) is 41.1. The first-order chi connectivity index (χ1) is 22.2. The molecule has 4 unspecified atom stereocenters. The molecule has 11 heteroatoms. The minimum absolute atomic E-state index is 0.0479. The molecule has 0 aliphatic carbocycles. The number of hydrogen-bond donors (Lipinski definition) is 3. The van der Waals surface area contributed by atoms with E-state index in [9.17, 15) is 24.6 Å². The van der Waals surface area contributed by atoms with E-state index in [0.717, 1.165) is 16.5 Å². The SMILES string of the molecule is CNC(=O)C(C)CC(CCC(C(=O)O)C(C)C(=O)O)Oc1ccc2ccccc2c1N=Nc1ccc(N=Nc2ccccc2)cc1. The lowest BCUT2D eigenvalue weighted by molar-refractivity contribution is -0.153. The van der Waals surface area contributed by atoms with Crippen LogP contribution in [0.3, 0.4) is 0 Å². The van der Waals surface area contributed by atoms with E-state index in [4.69, 9.17) is 4.74 Å². The summed E-state index contributed by atoms with van der Waals surface area (Å²) in [6, 6.07) is 27.8. The van der Waals surface area contributed by atoms with Crippen LogP contribution in [0.1, 0.15) is 33.1 Å². The number of carboxylic acids is 2. The van der Waals surface area contributed by atoms with Crippen LogP contribution in [0.15, 0.2) is 111 Å². The van der Waals surface area contributed by atoms with Crippen LogP contribution in [0, 0.1) is 17.8 Å². The number of rotatable bonds is 15. The zero-order chi connectivity index (χ0) is 33.1. The molecule has 0 fully saturated rings. The second-order valence-electron chi connectivity index (χ2n) is 11.0. The average Bonchev–Trinajstić information content (AvgIpc) is 3.06. The van der Waals surface area contributed by atoms with E-state index in [1.165, 1.54) is 6.92 Å². The normalized spacial score (nSPS) is 14.2. The van der Waals surface area contributed by atoms with Crippen molar-refractivity contribution in [3.63, 3.8) is 0 Å². The molecule has 0 saturated carbocycles. The first-order valence-corrected chi connectivity index (χ1v) is 15.0. The van der Waals surface area contributed by atoms with Gasteiger partial charge in [-0.2, -0.15) is 15.3 Å². The van der Waals surface area contributed by atoms with Crippen LogP contribution >= 0.6 is 0 Å². The fraction of sp³-hybridized carbons (Fsp3) is 0.286.